The number of imidazole rings is 1. The molecule has 4 heteroatoms. The van der Waals surface area contributed by atoms with Crippen molar-refractivity contribution in [3.8, 4) is 5.69 Å². The fourth-order valence-electron chi connectivity index (χ4n) is 2.34. The fraction of sp³-hybridized carbons (Fsp3) is 0.133. The van der Waals surface area contributed by atoms with E-state index in [1.54, 1.807) is 19.1 Å². The minimum atomic E-state index is -0.219. The van der Waals surface area contributed by atoms with Gasteiger partial charge in [0.05, 0.1) is 11.0 Å². The Hall–Kier alpha value is -2.36. The SMILES string of the molecule is Cc1cc(-n2c(N)nc3cccc(C)c32)ccc1F. The van der Waals surface area contributed by atoms with Gasteiger partial charge in [-0.2, -0.15) is 0 Å². The van der Waals surface area contributed by atoms with Gasteiger partial charge in [0, 0.05) is 5.69 Å². The third-order valence-electron chi connectivity index (χ3n) is 3.30. The van der Waals surface area contributed by atoms with E-state index in [-0.39, 0.29) is 5.82 Å². The number of para-hydroxylation sites is 1. The molecule has 0 bridgehead atoms. The Balaban J connectivity index is 2.35. The molecule has 0 amide bonds. The summed E-state index contributed by atoms with van der Waals surface area (Å²) in [4.78, 5) is 4.35. The van der Waals surface area contributed by atoms with Crippen molar-refractivity contribution in [3.63, 3.8) is 0 Å². The molecule has 3 rings (SSSR count). The molecule has 0 aliphatic rings. The normalized spacial score (nSPS) is 11.1. The molecule has 0 radical (unpaired) electrons. The summed E-state index contributed by atoms with van der Waals surface area (Å²) >= 11 is 0. The third-order valence-corrected chi connectivity index (χ3v) is 3.30. The van der Waals surface area contributed by atoms with E-state index >= 15 is 0 Å². The molecule has 2 aromatic carbocycles. The molecule has 19 heavy (non-hydrogen) atoms. The van der Waals surface area contributed by atoms with E-state index in [4.69, 9.17) is 5.73 Å². The first-order chi connectivity index (χ1) is 9.08. The zero-order valence-corrected chi connectivity index (χ0v) is 10.8. The predicted molar refractivity (Wildman–Crippen MR) is 74.9 cm³/mol. The van der Waals surface area contributed by atoms with Gasteiger partial charge in [0.2, 0.25) is 5.95 Å². The van der Waals surface area contributed by atoms with Gasteiger partial charge in [-0.1, -0.05) is 12.1 Å². The van der Waals surface area contributed by atoms with Crippen LogP contribution in [0.3, 0.4) is 0 Å². The molecular weight excluding hydrogens is 241 g/mol. The van der Waals surface area contributed by atoms with Crippen LogP contribution in [0.1, 0.15) is 11.1 Å². The summed E-state index contributed by atoms with van der Waals surface area (Å²) in [6.45, 7) is 3.75. The molecule has 0 atom stereocenters. The van der Waals surface area contributed by atoms with Crippen LogP contribution >= 0.6 is 0 Å². The van der Waals surface area contributed by atoms with Crippen LogP contribution in [0.2, 0.25) is 0 Å². The second-order valence-corrected chi connectivity index (χ2v) is 4.68. The van der Waals surface area contributed by atoms with Gasteiger partial charge in [0.25, 0.3) is 0 Å². The van der Waals surface area contributed by atoms with Crippen molar-refractivity contribution < 1.29 is 4.39 Å². The first-order valence-electron chi connectivity index (χ1n) is 6.08. The molecule has 3 aromatic rings. The number of aryl methyl sites for hydroxylation is 2. The van der Waals surface area contributed by atoms with Crippen LogP contribution in [0.4, 0.5) is 10.3 Å². The maximum absolute atomic E-state index is 13.4. The smallest absolute Gasteiger partial charge is 0.205 e. The largest absolute Gasteiger partial charge is 0.369 e. The van der Waals surface area contributed by atoms with E-state index < -0.39 is 0 Å². The Labute approximate surface area is 110 Å². The van der Waals surface area contributed by atoms with E-state index in [2.05, 4.69) is 4.98 Å². The number of benzene rings is 2. The number of hydrogen-bond acceptors (Lipinski definition) is 2. The second kappa shape index (κ2) is 4.09. The number of aromatic nitrogens is 2. The van der Waals surface area contributed by atoms with Gasteiger partial charge in [-0.15, -0.1) is 0 Å². The molecule has 0 aliphatic heterocycles. The number of nitrogens with two attached hydrogens (primary N) is 1. The highest BCUT2D eigenvalue weighted by Crippen LogP contribution is 2.26. The molecule has 96 valence electrons. The molecule has 0 saturated heterocycles. The van der Waals surface area contributed by atoms with Gasteiger partial charge in [-0.05, 0) is 49.2 Å². The van der Waals surface area contributed by atoms with Crippen molar-refractivity contribution in [1.82, 2.24) is 9.55 Å². The lowest BCUT2D eigenvalue weighted by molar-refractivity contribution is 0.618. The molecule has 0 fully saturated rings. The lowest BCUT2D eigenvalue weighted by Crippen LogP contribution is -2.02. The topological polar surface area (TPSA) is 43.8 Å². The first-order valence-corrected chi connectivity index (χ1v) is 6.08. The summed E-state index contributed by atoms with van der Waals surface area (Å²) in [5.41, 5.74) is 10.3. The quantitative estimate of drug-likeness (QED) is 0.724. The first kappa shape index (κ1) is 11.7. The molecular formula is C15H14FN3. The highest BCUT2D eigenvalue weighted by molar-refractivity contribution is 5.83. The van der Waals surface area contributed by atoms with Crippen molar-refractivity contribution in [1.29, 1.82) is 0 Å². The Bertz CT molecular complexity index is 774. The molecule has 0 unspecified atom stereocenters. The number of rotatable bonds is 1. The molecule has 2 N–H and O–H groups in total. The average molecular weight is 255 g/mol. The number of nitrogen functional groups attached to an aromatic ring is 1. The Morgan fingerprint density at radius 2 is 1.89 bits per heavy atom. The summed E-state index contributed by atoms with van der Waals surface area (Å²) in [5, 5.41) is 0. The van der Waals surface area contributed by atoms with Crippen LogP contribution in [0.5, 0.6) is 0 Å². The van der Waals surface area contributed by atoms with Crippen molar-refractivity contribution in [2.45, 2.75) is 13.8 Å². The summed E-state index contributed by atoms with van der Waals surface area (Å²) in [7, 11) is 0. The standard InChI is InChI=1S/C15H14FN3/c1-9-4-3-5-13-14(9)19(15(17)18-13)11-6-7-12(16)10(2)8-11/h3-8H,1-2H3,(H2,17,18). The van der Waals surface area contributed by atoms with Crippen LogP contribution in [-0.2, 0) is 0 Å². The zero-order chi connectivity index (χ0) is 13.6. The Morgan fingerprint density at radius 3 is 2.63 bits per heavy atom. The maximum atomic E-state index is 13.4. The van der Waals surface area contributed by atoms with E-state index in [0.29, 0.717) is 11.5 Å². The van der Waals surface area contributed by atoms with Crippen LogP contribution in [0, 0.1) is 19.7 Å². The lowest BCUT2D eigenvalue weighted by atomic mass is 10.1. The number of nitrogens with zero attached hydrogens (tertiary/aromatic N) is 2. The second-order valence-electron chi connectivity index (χ2n) is 4.68. The van der Waals surface area contributed by atoms with Crippen molar-refractivity contribution in [2.24, 2.45) is 0 Å². The molecule has 1 heterocycles. The summed E-state index contributed by atoms with van der Waals surface area (Å²) in [6, 6.07) is 10.8. The number of fused-ring (bicyclic) bond motifs is 1. The van der Waals surface area contributed by atoms with Gasteiger partial charge in [0.1, 0.15) is 5.82 Å². The zero-order valence-electron chi connectivity index (χ0n) is 10.8. The van der Waals surface area contributed by atoms with E-state index in [0.717, 1.165) is 22.3 Å². The third kappa shape index (κ3) is 1.76. The molecule has 0 spiro atoms. The monoisotopic (exact) mass is 255 g/mol. The highest BCUT2D eigenvalue weighted by atomic mass is 19.1. The van der Waals surface area contributed by atoms with E-state index in [9.17, 15) is 4.39 Å². The highest BCUT2D eigenvalue weighted by Gasteiger charge is 2.12. The molecule has 3 nitrogen and oxygen atoms in total. The molecule has 0 saturated carbocycles. The van der Waals surface area contributed by atoms with Crippen molar-refractivity contribution >= 4 is 17.0 Å². The predicted octanol–water partition coefficient (Wildman–Crippen LogP) is 3.36. The van der Waals surface area contributed by atoms with E-state index in [1.165, 1.54) is 6.07 Å². The molecule has 1 aromatic heterocycles. The van der Waals surface area contributed by atoms with Gasteiger partial charge >= 0.3 is 0 Å². The van der Waals surface area contributed by atoms with Gasteiger partial charge < -0.3 is 5.73 Å². The minimum absolute atomic E-state index is 0.219. The summed E-state index contributed by atoms with van der Waals surface area (Å²) in [6.07, 6.45) is 0. The summed E-state index contributed by atoms with van der Waals surface area (Å²) in [5.74, 6) is 0.193. The fourth-order valence-corrected chi connectivity index (χ4v) is 2.34. The minimum Gasteiger partial charge on any atom is -0.369 e. The number of halogens is 1. The number of hydrogen-bond donors (Lipinski definition) is 1. The van der Waals surface area contributed by atoms with Crippen LogP contribution < -0.4 is 5.73 Å². The lowest BCUT2D eigenvalue weighted by Gasteiger charge is -2.09. The van der Waals surface area contributed by atoms with Crippen molar-refractivity contribution in [2.75, 3.05) is 5.73 Å². The van der Waals surface area contributed by atoms with Crippen LogP contribution in [0.25, 0.3) is 16.7 Å². The Morgan fingerprint density at radius 1 is 1.11 bits per heavy atom. The van der Waals surface area contributed by atoms with Crippen LogP contribution in [0.15, 0.2) is 36.4 Å². The average Bonchev–Trinajstić information content (AvgIpc) is 2.70. The van der Waals surface area contributed by atoms with Crippen LogP contribution in [-0.4, -0.2) is 9.55 Å². The Kier molecular flexibility index (Phi) is 2.52. The maximum Gasteiger partial charge on any atom is 0.205 e. The van der Waals surface area contributed by atoms with Crippen molar-refractivity contribution in [3.05, 3.63) is 53.3 Å². The van der Waals surface area contributed by atoms with Gasteiger partial charge in [0.15, 0.2) is 0 Å². The number of anilines is 1. The van der Waals surface area contributed by atoms with Gasteiger partial charge in [-0.3, -0.25) is 4.57 Å². The summed E-state index contributed by atoms with van der Waals surface area (Å²) < 4.78 is 15.2. The van der Waals surface area contributed by atoms with E-state index in [1.807, 2.05) is 29.7 Å². The molecule has 0 aliphatic carbocycles. The van der Waals surface area contributed by atoms with Gasteiger partial charge in [-0.25, -0.2) is 9.37 Å².